The fourth-order valence-electron chi connectivity index (χ4n) is 5.16. The molecular formula is C20H27N5O2. The summed E-state index contributed by atoms with van der Waals surface area (Å²) in [5, 5.41) is 10.7. The number of rotatable bonds is 6. The van der Waals surface area contributed by atoms with Gasteiger partial charge in [-0.05, 0) is 30.5 Å². The second-order valence-electron chi connectivity index (χ2n) is 7.74. The number of nitrogens with zero attached hydrogens (tertiary/aromatic N) is 3. The third-order valence-electron chi connectivity index (χ3n) is 6.36. The van der Waals surface area contributed by atoms with Gasteiger partial charge in [-0.2, -0.15) is 15.4 Å². The molecule has 1 saturated heterocycles. The van der Waals surface area contributed by atoms with Crippen molar-refractivity contribution in [1.29, 1.82) is 0 Å². The molecule has 4 rings (SSSR count). The average molecular weight is 369 g/mol. The number of nitrogens with one attached hydrogen (secondary N) is 1. The molecule has 2 aromatic rings. The minimum Gasteiger partial charge on any atom is -0.373 e. The zero-order valence-corrected chi connectivity index (χ0v) is 15.7. The highest BCUT2D eigenvalue weighted by Crippen LogP contribution is 2.51. The summed E-state index contributed by atoms with van der Waals surface area (Å²) in [7, 11) is 1.81. The molecular weight excluding hydrogens is 342 g/mol. The van der Waals surface area contributed by atoms with Crippen molar-refractivity contribution in [1.82, 2.24) is 20.3 Å². The van der Waals surface area contributed by atoms with Crippen LogP contribution >= 0.6 is 0 Å². The molecule has 1 aliphatic heterocycles. The molecule has 2 unspecified atom stereocenters. The molecule has 2 atom stereocenters. The summed E-state index contributed by atoms with van der Waals surface area (Å²) in [6.45, 7) is 2.95. The molecule has 1 amide bonds. The number of methoxy groups -OCH3 is 1. The minimum atomic E-state index is -0.390. The number of ether oxygens (including phenoxy) is 1. The molecule has 27 heavy (non-hydrogen) atoms. The van der Waals surface area contributed by atoms with Crippen LogP contribution < -0.4 is 5.73 Å². The number of aromatic amines is 1. The van der Waals surface area contributed by atoms with Crippen molar-refractivity contribution in [2.45, 2.75) is 31.3 Å². The van der Waals surface area contributed by atoms with Crippen molar-refractivity contribution in [2.75, 3.05) is 26.7 Å². The van der Waals surface area contributed by atoms with Crippen LogP contribution in [0.25, 0.3) is 0 Å². The van der Waals surface area contributed by atoms with Crippen LogP contribution in [0, 0.1) is 11.8 Å². The van der Waals surface area contributed by atoms with E-state index in [0.29, 0.717) is 17.4 Å². The van der Waals surface area contributed by atoms with Gasteiger partial charge < -0.3 is 15.4 Å². The standard InChI is InChI=1S/C20H27N5O2/c1-27-20(15-5-2-4-14(10-15)19(21)26)16-6-3-7-17(20)13-25(12-16)9-8-18-11-22-24-23-18/h2,4-5,10-11,16-17H,3,6-9,12-13H2,1H3,(H2,21,26)(H,22,23,24). The first kappa shape index (κ1) is 18.1. The number of hydrogen-bond acceptors (Lipinski definition) is 5. The van der Waals surface area contributed by atoms with Gasteiger partial charge in [-0.3, -0.25) is 4.79 Å². The normalized spacial score (nSPS) is 28.2. The Kier molecular flexibility index (Phi) is 4.97. The van der Waals surface area contributed by atoms with Gasteiger partial charge in [0, 0.05) is 50.6 Å². The maximum Gasteiger partial charge on any atom is 0.248 e. The van der Waals surface area contributed by atoms with Gasteiger partial charge in [0.05, 0.1) is 11.9 Å². The Labute approximate surface area is 159 Å². The van der Waals surface area contributed by atoms with Gasteiger partial charge in [-0.1, -0.05) is 18.6 Å². The lowest BCUT2D eigenvalue weighted by molar-refractivity contribution is -0.168. The zero-order chi connectivity index (χ0) is 18.9. The molecule has 3 N–H and O–H groups in total. The van der Waals surface area contributed by atoms with Gasteiger partial charge in [0.1, 0.15) is 5.60 Å². The van der Waals surface area contributed by atoms with Gasteiger partial charge in [0.2, 0.25) is 5.91 Å². The van der Waals surface area contributed by atoms with Crippen LogP contribution in [0.1, 0.15) is 40.9 Å². The quantitative estimate of drug-likeness (QED) is 0.808. The second-order valence-corrected chi connectivity index (χ2v) is 7.74. The van der Waals surface area contributed by atoms with Crippen LogP contribution in [0.5, 0.6) is 0 Å². The third-order valence-corrected chi connectivity index (χ3v) is 6.36. The monoisotopic (exact) mass is 369 g/mol. The molecule has 0 radical (unpaired) electrons. The van der Waals surface area contributed by atoms with Crippen molar-refractivity contribution in [3.05, 3.63) is 47.3 Å². The maximum atomic E-state index is 11.7. The lowest BCUT2D eigenvalue weighted by atomic mass is 9.62. The number of carbonyl (C=O) groups excluding carboxylic acids is 1. The Balaban J connectivity index is 1.58. The van der Waals surface area contributed by atoms with E-state index in [9.17, 15) is 4.79 Å². The molecule has 7 heteroatoms. The number of H-pyrrole nitrogens is 1. The summed E-state index contributed by atoms with van der Waals surface area (Å²) in [4.78, 5) is 14.2. The molecule has 2 bridgehead atoms. The number of aromatic nitrogens is 3. The predicted octanol–water partition coefficient (Wildman–Crippen LogP) is 1.72. The Hall–Kier alpha value is -2.25. The van der Waals surface area contributed by atoms with E-state index in [1.807, 2.05) is 19.2 Å². The second kappa shape index (κ2) is 7.40. The summed E-state index contributed by atoms with van der Waals surface area (Å²) in [6, 6.07) is 7.72. The SMILES string of the molecule is COC1(c2cccc(C(N)=O)c2)C2CCCC1CN(CCc1cn[nH]n1)C2. The molecule has 1 aromatic carbocycles. The number of amides is 1. The van der Waals surface area contributed by atoms with E-state index in [4.69, 9.17) is 10.5 Å². The molecule has 2 heterocycles. The fraction of sp³-hybridized carbons (Fsp3) is 0.550. The van der Waals surface area contributed by atoms with Crippen molar-refractivity contribution in [2.24, 2.45) is 17.6 Å². The Bertz CT molecular complexity index is 777. The number of carbonyl (C=O) groups is 1. The number of benzene rings is 1. The van der Waals surface area contributed by atoms with Crippen molar-refractivity contribution in [3.8, 4) is 0 Å². The molecule has 0 spiro atoms. The van der Waals surface area contributed by atoms with Crippen molar-refractivity contribution < 1.29 is 9.53 Å². The highest BCUT2D eigenvalue weighted by Gasteiger charge is 2.53. The Morgan fingerprint density at radius 3 is 2.78 bits per heavy atom. The summed E-state index contributed by atoms with van der Waals surface area (Å²) in [5.74, 6) is 0.407. The van der Waals surface area contributed by atoms with E-state index < -0.39 is 5.91 Å². The molecule has 2 fully saturated rings. The van der Waals surface area contributed by atoms with Crippen molar-refractivity contribution >= 4 is 5.91 Å². The third kappa shape index (κ3) is 3.26. The van der Waals surface area contributed by atoms with Gasteiger partial charge >= 0.3 is 0 Å². The van der Waals surface area contributed by atoms with Gasteiger partial charge in [-0.25, -0.2) is 0 Å². The highest BCUT2D eigenvalue weighted by atomic mass is 16.5. The van der Waals surface area contributed by atoms with E-state index in [1.165, 1.54) is 6.42 Å². The largest absolute Gasteiger partial charge is 0.373 e. The molecule has 1 saturated carbocycles. The first-order valence-electron chi connectivity index (χ1n) is 9.66. The van der Waals surface area contributed by atoms with Crippen LogP contribution in [0.4, 0.5) is 0 Å². The number of primary amides is 1. The summed E-state index contributed by atoms with van der Waals surface area (Å²) < 4.78 is 6.26. The molecule has 144 valence electrons. The summed E-state index contributed by atoms with van der Waals surface area (Å²) in [5.41, 5.74) is 7.82. The van der Waals surface area contributed by atoms with E-state index in [-0.39, 0.29) is 5.60 Å². The predicted molar refractivity (Wildman–Crippen MR) is 101 cm³/mol. The Morgan fingerprint density at radius 2 is 2.15 bits per heavy atom. The Morgan fingerprint density at radius 1 is 1.37 bits per heavy atom. The summed E-state index contributed by atoms with van der Waals surface area (Å²) >= 11 is 0. The minimum absolute atomic E-state index is 0.339. The van der Waals surface area contributed by atoms with Gasteiger partial charge in [0.15, 0.2) is 0 Å². The molecule has 7 nitrogen and oxygen atoms in total. The number of likely N-dealkylation sites (tertiary alicyclic amines) is 1. The van der Waals surface area contributed by atoms with Crippen LogP contribution in [0.2, 0.25) is 0 Å². The van der Waals surface area contributed by atoms with Gasteiger partial charge in [-0.15, -0.1) is 0 Å². The first-order chi connectivity index (χ1) is 13.1. The molecule has 1 aliphatic carbocycles. The zero-order valence-electron chi connectivity index (χ0n) is 15.7. The smallest absolute Gasteiger partial charge is 0.248 e. The van der Waals surface area contributed by atoms with Crippen LogP contribution in [0.3, 0.4) is 0 Å². The molecule has 2 aliphatic rings. The first-order valence-corrected chi connectivity index (χ1v) is 9.66. The highest BCUT2D eigenvalue weighted by molar-refractivity contribution is 5.92. The number of fused-ring (bicyclic) bond motifs is 2. The van der Waals surface area contributed by atoms with Crippen LogP contribution in [0.15, 0.2) is 30.5 Å². The number of piperidine rings is 1. The summed E-state index contributed by atoms with van der Waals surface area (Å²) in [6.07, 6.45) is 6.18. The lowest BCUT2D eigenvalue weighted by Crippen LogP contribution is -2.59. The van der Waals surface area contributed by atoms with E-state index in [1.54, 1.807) is 12.3 Å². The van der Waals surface area contributed by atoms with E-state index in [2.05, 4.69) is 26.4 Å². The van der Waals surface area contributed by atoms with E-state index in [0.717, 1.165) is 50.2 Å². The van der Waals surface area contributed by atoms with Gasteiger partial charge in [0.25, 0.3) is 0 Å². The average Bonchev–Trinajstić information content (AvgIpc) is 3.19. The lowest BCUT2D eigenvalue weighted by Gasteiger charge is -2.55. The number of hydrogen-bond donors (Lipinski definition) is 2. The fourth-order valence-corrected chi connectivity index (χ4v) is 5.16. The maximum absolute atomic E-state index is 11.7. The number of nitrogens with two attached hydrogens (primary N) is 1. The van der Waals surface area contributed by atoms with E-state index >= 15 is 0 Å². The van der Waals surface area contributed by atoms with Crippen LogP contribution in [-0.2, 0) is 16.8 Å². The molecule has 1 aromatic heterocycles. The van der Waals surface area contributed by atoms with Crippen molar-refractivity contribution in [3.63, 3.8) is 0 Å². The topological polar surface area (TPSA) is 97.1 Å². The van der Waals surface area contributed by atoms with Crippen LogP contribution in [-0.4, -0.2) is 53.0 Å².